The van der Waals surface area contributed by atoms with Gasteiger partial charge in [0.25, 0.3) is 5.69 Å². The fraction of sp³-hybridized carbons (Fsp3) is 0. The van der Waals surface area contributed by atoms with Crippen molar-refractivity contribution in [2.75, 3.05) is 0 Å². The fourth-order valence-electron chi connectivity index (χ4n) is 0.573. The van der Waals surface area contributed by atoms with E-state index >= 15 is 0 Å². The van der Waals surface area contributed by atoms with Gasteiger partial charge in [-0.2, -0.15) is 0 Å². The maximum absolute atomic E-state index is 10.00. The van der Waals surface area contributed by atoms with Crippen LogP contribution in [0.4, 0.5) is 5.69 Å². The molecule has 52 valence electrons. The van der Waals surface area contributed by atoms with Crippen LogP contribution >= 0.6 is 0 Å². The zero-order valence-electron chi connectivity index (χ0n) is 4.90. The van der Waals surface area contributed by atoms with Gasteiger partial charge in [0.1, 0.15) is 0 Å². The molecule has 0 aromatic carbocycles. The zero-order valence-corrected chi connectivity index (χ0v) is 4.90. The number of hydrogen-bond acceptors (Lipinski definition) is 3. The monoisotopic (exact) mass is 140 g/mol. The number of nitro groups is 1. The molecule has 0 aliphatic carbocycles. The summed E-state index contributed by atoms with van der Waals surface area (Å²) in [5.74, 6) is 0. The standard InChI is InChI=1S/C5H4N2O3/c8-3-4-1-5(2-6-4)7(9)10/h1-3,6H. The lowest BCUT2D eigenvalue weighted by molar-refractivity contribution is -0.384. The van der Waals surface area contributed by atoms with Gasteiger partial charge in [0, 0.05) is 6.07 Å². The first-order chi connectivity index (χ1) is 4.74. The van der Waals surface area contributed by atoms with Crippen molar-refractivity contribution in [1.29, 1.82) is 0 Å². The van der Waals surface area contributed by atoms with Gasteiger partial charge < -0.3 is 4.98 Å². The number of H-pyrrole nitrogens is 1. The van der Waals surface area contributed by atoms with Gasteiger partial charge in [0.15, 0.2) is 6.29 Å². The summed E-state index contributed by atoms with van der Waals surface area (Å²) < 4.78 is 0. The molecular formula is C5H4N2O3. The molecule has 1 heterocycles. The van der Waals surface area contributed by atoms with Crippen LogP contribution in [0.15, 0.2) is 12.3 Å². The molecule has 0 atom stereocenters. The van der Waals surface area contributed by atoms with Crippen molar-refractivity contribution in [3.05, 3.63) is 28.1 Å². The third-order valence-corrected chi connectivity index (χ3v) is 1.03. The van der Waals surface area contributed by atoms with E-state index < -0.39 is 4.92 Å². The number of hydrogen-bond donors (Lipinski definition) is 1. The average Bonchev–Trinajstić information content (AvgIpc) is 2.34. The summed E-state index contributed by atoms with van der Waals surface area (Å²) in [5, 5.41) is 10.00. The Bertz CT molecular complexity index is 266. The lowest BCUT2D eigenvalue weighted by Gasteiger charge is -1.77. The number of carbonyl (C=O) groups excluding carboxylic acids is 1. The molecule has 0 saturated carbocycles. The Labute approximate surface area is 55.8 Å². The highest BCUT2D eigenvalue weighted by Gasteiger charge is 2.06. The van der Waals surface area contributed by atoms with Gasteiger partial charge in [0.2, 0.25) is 0 Å². The maximum atomic E-state index is 10.00. The Morgan fingerprint density at radius 2 is 2.40 bits per heavy atom. The van der Waals surface area contributed by atoms with Crippen molar-refractivity contribution in [3.63, 3.8) is 0 Å². The van der Waals surface area contributed by atoms with Crippen molar-refractivity contribution in [3.8, 4) is 0 Å². The quantitative estimate of drug-likeness (QED) is 0.374. The second-order valence-corrected chi connectivity index (χ2v) is 1.69. The lowest BCUT2D eigenvalue weighted by atomic mass is 10.4. The van der Waals surface area contributed by atoms with Gasteiger partial charge in [-0.05, 0) is 0 Å². The summed E-state index contributed by atoms with van der Waals surface area (Å²) in [7, 11) is 0. The number of rotatable bonds is 2. The van der Waals surface area contributed by atoms with Crippen LogP contribution in [0.2, 0.25) is 0 Å². The second kappa shape index (κ2) is 2.30. The van der Waals surface area contributed by atoms with Crippen molar-refractivity contribution in [2.24, 2.45) is 0 Å². The van der Waals surface area contributed by atoms with Crippen molar-refractivity contribution < 1.29 is 9.72 Å². The molecule has 1 aromatic heterocycles. The Morgan fingerprint density at radius 1 is 1.70 bits per heavy atom. The van der Waals surface area contributed by atoms with Crippen LogP contribution in [0.3, 0.4) is 0 Å². The van der Waals surface area contributed by atoms with E-state index in [9.17, 15) is 14.9 Å². The lowest BCUT2D eigenvalue weighted by Crippen LogP contribution is -1.82. The second-order valence-electron chi connectivity index (χ2n) is 1.69. The van der Waals surface area contributed by atoms with Crippen molar-refractivity contribution in [2.45, 2.75) is 0 Å². The molecule has 0 amide bonds. The van der Waals surface area contributed by atoms with E-state index in [0.29, 0.717) is 6.29 Å². The zero-order chi connectivity index (χ0) is 7.56. The van der Waals surface area contributed by atoms with E-state index in [1.807, 2.05) is 0 Å². The molecule has 10 heavy (non-hydrogen) atoms. The van der Waals surface area contributed by atoms with Crippen LogP contribution in [0, 0.1) is 10.1 Å². The van der Waals surface area contributed by atoms with Gasteiger partial charge in [-0.15, -0.1) is 0 Å². The van der Waals surface area contributed by atoms with Crippen LogP contribution in [0.5, 0.6) is 0 Å². The third-order valence-electron chi connectivity index (χ3n) is 1.03. The molecule has 0 radical (unpaired) electrons. The van der Waals surface area contributed by atoms with Crippen molar-refractivity contribution in [1.82, 2.24) is 4.98 Å². The van der Waals surface area contributed by atoms with Crippen LogP contribution < -0.4 is 0 Å². The minimum absolute atomic E-state index is 0.0953. The van der Waals surface area contributed by atoms with Crippen molar-refractivity contribution >= 4 is 12.0 Å². The molecule has 0 saturated heterocycles. The van der Waals surface area contributed by atoms with Crippen LogP contribution in [-0.4, -0.2) is 16.2 Å². The van der Waals surface area contributed by atoms with Crippen LogP contribution in [0.25, 0.3) is 0 Å². The van der Waals surface area contributed by atoms with E-state index in [0.717, 1.165) is 0 Å². The summed E-state index contributed by atoms with van der Waals surface area (Å²) in [6.45, 7) is 0. The van der Waals surface area contributed by atoms with Crippen LogP contribution in [0.1, 0.15) is 10.5 Å². The first-order valence-corrected chi connectivity index (χ1v) is 2.52. The maximum Gasteiger partial charge on any atom is 0.287 e. The third kappa shape index (κ3) is 1.02. The Morgan fingerprint density at radius 3 is 2.70 bits per heavy atom. The summed E-state index contributed by atoms with van der Waals surface area (Å²) >= 11 is 0. The molecule has 0 spiro atoms. The molecular weight excluding hydrogens is 136 g/mol. The number of aromatic amines is 1. The van der Waals surface area contributed by atoms with E-state index in [2.05, 4.69) is 4.98 Å². The number of nitrogens with zero attached hydrogens (tertiary/aromatic N) is 1. The number of aldehydes is 1. The topological polar surface area (TPSA) is 76.0 Å². The Kier molecular flexibility index (Phi) is 1.49. The molecule has 0 bridgehead atoms. The minimum Gasteiger partial charge on any atom is -0.353 e. The first kappa shape index (κ1) is 6.47. The smallest absolute Gasteiger partial charge is 0.287 e. The van der Waals surface area contributed by atoms with Crippen LogP contribution in [-0.2, 0) is 0 Å². The van der Waals surface area contributed by atoms with Gasteiger partial charge in [-0.25, -0.2) is 0 Å². The van der Waals surface area contributed by atoms with Gasteiger partial charge in [-0.1, -0.05) is 0 Å². The van der Waals surface area contributed by atoms with E-state index in [-0.39, 0.29) is 11.4 Å². The largest absolute Gasteiger partial charge is 0.353 e. The van der Waals surface area contributed by atoms with Gasteiger partial charge >= 0.3 is 0 Å². The average molecular weight is 140 g/mol. The molecule has 5 heteroatoms. The van der Waals surface area contributed by atoms with E-state index in [1.165, 1.54) is 12.3 Å². The van der Waals surface area contributed by atoms with Gasteiger partial charge in [0.05, 0.1) is 16.8 Å². The molecule has 0 aliphatic heterocycles. The summed E-state index contributed by atoms with van der Waals surface area (Å²) in [5.41, 5.74) is 0.119. The molecule has 0 unspecified atom stereocenters. The predicted octanol–water partition coefficient (Wildman–Crippen LogP) is 0.735. The molecule has 1 rings (SSSR count). The predicted molar refractivity (Wildman–Crippen MR) is 32.8 cm³/mol. The van der Waals surface area contributed by atoms with E-state index in [1.54, 1.807) is 0 Å². The summed E-state index contributed by atoms with van der Waals surface area (Å²) in [4.78, 5) is 21.8. The summed E-state index contributed by atoms with van der Waals surface area (Å²) in [6, 6.07) is 1.17. The minimum atomic E-state index is -0.566. The normalized spacial score (nSPS) is 9.20. The van der Waals surface area contributed by atoms with E-state index in [4.69, 9.17) is 0 Å². The molecule has 1 aromatic rings. The molecule has 5 nitrogen and oxygen atoms in total. The highest BCUT2D eigenvalue weighted by Crippen LogP contribution is 2.09. The number of carbonyl (C=O) groups is 1. The fourth-order valence-corrected chi connectivity index (χ4v) is 0.573. The number of nitrogens with one attached hydrogen (secondary N) is 1. The van der Waals surface area contributed by atoms with Gasteiger partial charge in [-0.3, -0.25) is 14.9 Å². The highest BCUT2D eigenvalue weighted by atomic mass is 16.6. The first-order valence-electron chi connectivity index (χ1n) is 2.52. The molecule has 1 N–H and O–H groups in total. The molecule has 0 fully saturated rings. The Balaban J connectivity index is 2.98. The highest BCUT2D eigenvalue weighted by molar-refractivity contribution is 5.73. The Hall–Kier alpha value is -1.65. The number of aromatic nitrogens is 1. The molecule has 0 aliphatic rings. The SMILES string of the molecule is O=Cc1cc([N+](=O)[O-])c[nH]1. The summed E-state index contributed by atoms with van der Waals surface area (Å²) in [6.07, 6.45) is 1.69.